The summed E-state index contributed by atoms with van der Waals surface area (Å²) in [6, 6.07) is 9.83. The van der Waals surface area contributed by atoms with E-state index in [4.69, 9.17) is 0 Å². The molecule has 18 heavy (non-hydrogen) atoms. The van der Waals surface area contributed by atoms with Crippen LogP contribution in [0, 0.1) is 12.8 Å². The molecule has 0 spiro atoms. The van der Waals surface area contributed by atoms with E-state index in [0.717, 1.165) is 22.3 Å². The van der Waals surface area contributed by atoms with Crippen molar-refractivity contribution in [1.29, 1.82) is 0 Å². The molecule has 3 nitrogen and oxygen atoms in total. The van der Waals surface area contributed by atoms with Gasteiger partial charge in [-0.3, -0.25) is 9.78 Å². The molecule has 0 radical (unpaired) electrons. The molecule has 0 saturated heterocycles. The predicted molar refractivity (Wildman–Crippen MR) is 72.5 cm³/mol. The van der Waals surface area contributed by atoms with E-state index in [2.05, 4.69) is 10.3 Å². The Morgan fingerprint density at radius 1 is 1.39 bits per heavy atom. The number of nitrogens with zero attached hydrogens (tertiary/aromatic N) is 1. The van der Waals surface area contributed by atoms with E-state index < -0.39 is 0 Å². The van der Waals surface area contributed by atoms with Crippen LogP contribution >= 0.6 is 0 Å². The highest BCUT2D eigenvalue weighted by Gasteiger charge is 2.24. The highest BCUT2D eigenvalue weighted by atomic mass is 16.1. The number of benzene rings is 1. The van der Waals surface area contributed by atoms with E-state index in [0.29, 0.717) is 12.3 Å². The van der Waals surface area contributed by atoms with Gasteiger partial charge in [-0.15, -0.1) is 0 Å². The number of nitrogens with one attached hydrogen (secondary N) is 1. The van der Waals surface area contributed by atoms with Gasteiger partial charge in [0.05, 0.1) is 11.2 Å². The topological polar surface area (TPSA) is 42.0 Å². The van der Waals surface area contributed by atoms with Gasteiger partial charge in [-0.25, -0.2) is 0 Å². The first-order chi connectivity index (χ1) is 8.72. The third-order valence-corrected chi connectivity index (χ3v) is 3.29. The zero-order valence-electron chi connectivity index (χ0n) is 10.4. The second kappa shape index (κ2) is 4.41. The normalized spacial score (nSPS) is 14.7. The fraction of sp³-hybridized carbons (Fsp3) is 0.333. The van der Waals surface area contributed by atoms with Gasteiger partial charge in [0.1, 0.15) is 0 Å². The fourth-order valence-electron chi connectivity index (χ4n) is 2.20. The van der Waals surface area contributed by atoms with Crippen LogP contribution in [0.2, 0.25) is 0 Å². The predicted octanol–water partition coefficient (Wildman–Crippen LogP) is 3.28. The van der Waals surface area contributed by atoms with Crippen molar-refractivity contribution in [3.8, 4) is 0 Å². The second-order valence-electron chi connectivity index (χ2n) is 5.02. The Labute approximate surface area is 106 Å². The summed E-state index contributed by atoms with van der Waals surface area (Å²) in [4.78, 5) is 16.4. The smallest absolute Gasteiger partial charge is 0.224 e. The Morgan fingerprint density at radius 2 is 2.17 bits per heavy atom. The van der Waals surface area contributed by atoms with Crippen molar-refractivity contribution in [3.05, 3.63) is 36.0 Å². The zero-order chi connectivity index (χ0) is 12.5. The number of anilines is 1. The van der Waals surface area contributed by atoms with E-state index in [1.807, 2.05) is 37.3 Å². The van der Waals surface area contributed by atoms with E-state index in [9.17, 15) is 4.79 Å². The lowest BCUT2D eigenvalue weighted by molar-refractivity contribution is -0.116. The largest absolute Gasteiger partial charge is 0.325 e. The van der Waals surface area contributed by atoms with Crippen LogP contribution in [0.4, 0.5) is 5.69 Å². The summed E-state index contributed by atoms with van der Waals surface area (Å²) < 4.78 is 0. The SMILES string of the molecule is Cc1cc(NC(=O)CC2CC2)c2ccccc2n1. The van der Waals surface area contributed by atoms with Gasteiger partial charge < -0.3 is 5.32 Å². The molecule has 1 aromatic heterocycles. The van der Waals surface area contributed by atoms with Gasteiger partial charge in [-0.05, 0) is 37.8 Å². The van der Waals surface area contributed by atoms with E-state index >= 15 is 0 Å². The number of pyridine rings is 1. The van der Waals surface area contributed by atoms with Crippen molar-refractivity contribution >= 4 is 22.5 Å². The fourth-order valence-corrected chi connectivity index (χ4v) is 2.20. The number of aromatic nitrogens is 1. The number of fused-ring (bicyclic) bond motifs is 1. The van der Waals surface area contributed by atoms with Gasteiger partial charge in [0, 0.05) is 17.5 Å². The summed E-state index contributed by atoms with van der Waals surface area (Å²) in [6.07, 6.45) is 3.04. The van der Waals surface area contributed by atoms with Gasteiger partial charge >= 0.3 is 0 Å². The van der Waals surface area contributed by atoms with Crippen LogP contribution in [0.15, 0.2) is 30.3 Å². The van der Waals surface area contributed by atoms with Crippen molar-refractivity contribution in [2.24, 2.45) is 5.92 Å². The highest BCUT2D eigenvalue weighted by Crippen LogP contribution is 2.33. The lowest BCUT2D eigenvalue weighted by Gasteiger charge is -2.09. The van der Waals surface area contributed by atoms with E-state index in [1.54, 1.807) is 0 Å². The Morgan fingerprint density at radius 3 is 2.94 bits per heavy atom. The number of carbonyl (C=O) groups excluding carboxylic acids is 1. The molecule has 92 valence electrons. The minimum atomic E-state index is 0.119. The third kappa shape index (κ3) is 2.35. The number of para-hydroxylation sites is 1. The van der Waals surface area contributed by atoms with Gasteiger partial charge in [0.25, 0.3) is 0 Å². The summed E-state index contributed by atoms with van der Waals surface area (Å²) in [7, 11) is 0. The van der Waals surface area contributed by atoms with Crippen molar-refractivity contribution in [2.45, 2.75) is 26.2 Å². The van der Waals surface area contributed by atoms with Gasteiger partial charge in [0.15, 0.2) is 0 Å². The first-order valence-corrected chi connectivity index (χ1v) is 6.38. The maximum atomic E-state index is 11.9. The number of hydrogen-bond donors (Lipinski definition) is 1. The average molecular weight is 240 g/mol. The van der Waals surface area contributed by atoms with Gasteiger partial charge in [-0.1, -0.05) is 18.2 Å². The van der Waals surface area contributed by atoms with Crippen LogP contribution in [0.5, 0.6) is 0 Å². The molecule has 1 aliphatic rings. The Kier molecular flexibility index (Phi) is 2.74. The van der Waals surface area contributed by atoms with Crippen LogP contribution in [0.3, 0.4) is 0 Å². The number of aryl methyl sites for hydroxylation is 1. The molecule has 1 saturated carbocycles. The summed E-state index contributed by atoms with van der Waals surface area (Å²) in [6.45, 7) is 1.95. The molecule has 3 rings (SSSR count). The van der Waals surface area contributed by atoms with Crippen LogP contribution < -0.4 is 5.32 Å². The maximum absolute atomic E-state index is 11.9. The molecule has 1 heterocycles. The van der Waals surface area contributed by atoms with Gasteiger partial charge in [0.2, 0.25) is 5.91 Å². The molecule has 1 aliphatic carbocycles. The molecule has 0 aliphatic heterocycles. The standard InChI is InChI=1S/C15H16N2O/c1-10-8-14(17-15(18)9-11-6-7-11)12-4-2-3-5-13(12)16-10/h2-5,8,11H,6-7,9H2,1H3,(H,16,17,18). The van der Waals surface area contributed by atoms with Crippen molar-refractivity contribution < 1.29 is 4.79 Å². The van der Waals surface area contributed by atoms with Crippen molar-refractivity contribution in [1.82, 2.24) is 4.98 Å². The first kappa shape index (κ1) is 11.2. The zero-order valence-corrected chi connectivity index (χ0v) is 10.4. The van der Waals surface area contributed by atoms with Crippen molar-refractivity contribution in [3.63, 3.8) is 0 Å². The van der Waals surface area contributed by atoms with E-state index in [-0.39, 0.29) is 5.91 Å². The lowest BCUT2D eigenvalue weighted by atomic mass is 10.1. The third-order valence-electron chi connectivity index (χ3n) is 3.29. The molecular formula is C15H16N2O. The van der Waals surface area contributed by atoms with Crippen molar-refractivity contribution in [2.75, 3.05) is 5.32 Å². The van der Waals surface area contributed by atoms with Crippen LogP contribution in [-0.2, 0) is 4.79 Å². The molecule has 0 bridgehead atoms. The number of hydrogen-bond acceptors (Lipinski definition) is 2. The Bertz CT molecular complexity index is 602. The Hall–Kier alpha value is -1.90. The molecule has 1 N–H and O–H groups in total. The molecule has 3 heteroatoms. The van der Waals surface area contributed by atoms with Gasteiger partial charge in [-0.2, -0.15) is 0 Å². The minimum absolute atomic E-state index is 0.119. The molecule has 1 aromatic carbocycles. The number of carbonyl (C=O) groups is 1. The Balaban J connectivity index is 1.91. The maximum Gasteiger partial charge on any atom is 0.224 e. The van der Waals surface area contributed by atoms with Crippen LogP contribution in [-0.4, -0.2) is 10.9 Å². The lowest BCUT2D eigenvalue weighted by Crippen LogP contribution is -2.12. The molecule has 2 aromatic rings. The summed E-state index contributed by atoms with van der Waals surface area (Å²) in [5.74, 6) is 0.729. The molecule has 0 atom stereocenters. The molecule has 0 unspecified atom stereocenters. The monoisotopic (exact) mass is 240 g/mol. The quantitative estimate of drug-likeness (QED) is 0.894. The van der Waals surface area contributed by atoms with Crippen LogP contribution in [0.1, 0.15) is 25.0 Å². The number of rotatable bonds is 3. The summed E-state index contributed by atoms with van der Waals surface area (Å²) in [5.41, 5.74) is 2.73. The second-order valence-corrected chi connectivity index (χ2v) is 5.02. The first-order valence-electron chi connectivity index (χ1n) is 6.38. The molecule has 1 amide bonds. The average Bonchev–Trinajstić information content (AvgIpc) is 3.12. The summed E-state index contributed by atoms with van der Waals surface area (Å²) >= 11 is 0. The minimum Gasteiger partial charge on any atom is -0.325 e. The highest BCUT2D eigenvalue weighted by molar-refractivity contribution is 6.01. The molecular weight excluding hydrogens is 224 g/mol. The molecule has 1 fully saturated rings. The number of amides is 1. The van der Waals surface area contributed by atoms with E-state index in [1.165, 1.54) is 12.8 Å². The van der Waals surface area contributed by atoms with Crippen LogP contribution in [0.25, 0.3) is 10.9 Å². The summed E-state index contributed by atoms with van der Waals surface area (Å²) in [5, 5.41) is 4.02.